The van der Waals surface area contributed by atoms with Gasteiger partial charge < -0.3 is 10.4 Å². The van der Waals surface area contributed by atoms with Crippen LogP contribution in [0.15, 0.2) is 28.6 Å². The number of amides is 1. The number of benzene rings is 1. The van der Waals surface area contributed by atoms with Crippen LogP contribution in [0.4, 0.5) is 0 Å². The van der Waals surface area contributed by atoms with Crippen molar-refractivity contribution in [1.82, 2.24) is 10.3 Å². The molecule has 2 rings (SSSR count). The van der Waals surface area contributed by atoms with Crippen LogP contribution in [0, 0.1) is 0 Å². The fourth-order valence-corrected chi connectivity index (χ4v) is 3.70. The second-order valence-corrected chi connectivity index (χ2v) is 6.74. The van der Waals surface area contributed by atoms with Crippen molar-refractivity contribution in [3.8, 4) is 0 Å². The lowest BCUT2D eigenvalue weighted by molar-refractivity contribution is -0.141. The van der Waals surface area contributed by atoms with E-state index in [1.54, 1.807) is 0 Å². The molecule has 1 atom stereocenters. The summed E-state index contributed by atoms with van der Waals surface area (Å²) in [6.07, 6.45) is 1.15. The summed E-state index contributed by atoms with van der Waals surface area (Å²) in [7, 11) is 0. The number of aromatic nitrogens is 1. The molecule has 1 aromatic heterocycles. The van der Waals surface area contributed by atoms with Gasteiger partial charge in [0.05, 0.1) is 16.0 Å². The number of thiazole rings is 1. The zero-order valence-electron chi connectivity index (χ0n) is 11.5. The molecule has 21 heavy (non-hydrogen) atoms. The first-order chi connectivity index (χ1) is 10.1. The van der Waals surface area contributed by atoms with E-state index in [0.29, 0.717) is 12.8 Å². The summed E-state index contributed by atoms with van der Waals surface area (Å²) in [5, 5.41) is 11.5. The third-order valence-electron chi connectivity index (χ3n) is 2.81. The average molecular weight is 324 g/mol. The number of fused-ring (bicyclic) bond motifs is 1. The van der Waals surface area contributed by atoms with Crippen LogP contribution in [-0.2, 0) is 9.59 Å². The van der Waals surface area contributed by atoms with Gasteiger partial charge in [-0.3, -0.25) is 4.79 Å². The smallest absolute Gasteiger partial charge is 0.326 e. The highest BCUT2D eigenvalue weighted by Crippen LogP contribution is 2.29. The minimum absolute atomic E-state index is 0.174. The summed E-state index contributed by atoms with van der Waals surface area (Å²) in [4.78, 5) is 27.2. The molecule has 0 fully saturated rings. The first-order valence-electron chi connectivity index (χ1n) is 6.60. The fraction of sp³-hybridized carbons (Fsp3) is 0.357. The minimum atomic E-state index is -0.991. The van der Waals surface area contributed by atoms with Gasteiger partial charge in [-0.05, 0) is 18.6 Å². The normalized spacial score (nSPS) is 12.2. The molecule has 0 radical (unpaired) electrons. The maximum Gasteiger partial charge on any atom is 0.326 e. The number of carboxylic acids is 1. The molecule has 1 heterocycles. The van der Waals surface area contributed by atoms with E-state index in [1.807, 2.05) is 31.2 Å². The van der Waals surface area contributed by atoms with Crippen molar-refractivity contribution in [2.45, 2.75) is 30.1 Å². The zero-order chi connectivity index (χ0) is 15.2. The Balaban J connectivity index is 1.89. The molecule has 5 nitrogen and oxygen atoms in total. The first kappa shape index (κ1) is 15.8. The van der Waals surface area contributed by atoms with Crippen molar-refractivity contribution in [3.05, 3.63) is 24.3 Å². The van der Waals surface area contributed by atoms with E-state index in [9.17, 15) is 9.59 Å². The number of aliphatic carboxylic acids is 1. The third kappa shape index (κ3) is 4.44. The van der Waals surface area contributed by atoms with Crippen molar-refractivity contribution in [1.29, 1.82) is 0 Å². The summed E-state index contributed by atoms with van der Waals surface area (Å²) in [5.74, 6) is -1.09. The number of nitrogens with zero attached hydrogens (tertiary/aromatic N) is 1. The van der Waals surface area contributed by atoms with Gasteiger partial charge in [-0.25, -0.2) is 9.78 Å². The van der Waals surface area contributed by atoms with Crippen LogP contribution in [0.2, 0.25) is 0 Å². The Hall–Kier alpha value is -1.60. The van der Waals surface area contributed by atoms with E-state index >= 15 is 0 Å². The molecule has 0 aliphatic carbocycles. The van der Waals surface area contributed by atoms with Crippen LogP contribution in [0.3, 0.4) is 0 Å². The minimum Gasteiger partial charge on any atom is -0.480 e. The van der Waals surface area contributed by atoms with Crippen molar-refractivity contribution in [3.63, 3.8) is 0 Å². The van der Waals surface area contributed by atoms with Crippen LogP contribution >= 0.6 is 23.1 Å². The van der Waals surface area contributed by atoms with Gasteiger partial charge in [0, 0.05) is 0 Å². The van der Waals surface area contributed by atoms with Crippen LogP contribution in [0.1, 0.15) is 19.8 Å². The topological polar surface area (TPSA) is 79.3 Å². The van der Waals surface area contributed by atoms with E-state index in [1.165, 1.54) is 23.1 Å². The lowest BCUT2D eigenvalue weighted by Crippen LogP contribution is -2.41. The maximum absolute atomic E-state index is 11.8. The molecule has 0 aliphatic heterocycles. The number of nitrogens with one attached hydrogen (secondary N) is 1. The van der Waals surface area contributed by atoms with Gasteiger partial charge in [0.25, 0.3) is 0 Å². The number of carboxylic acid groups (broad SMARTS) is 1. The highest BCUT2D eigenvalue weighted by molar-refractivity contribution is 8.01. The van der Waals surface area contributed by atoms with Crippen LogP contribution in [0.25, 0.3) is 10.2 Å². The Bertz CT molecular complexity index is 609. The SMILES string of the molecule is CCCC(NC(=O)CSc1nc2ccccc2s1)C(=O)O. The molecular weight excluding hydrogens is 308 g/mol. The summed E-state index contributed by atoms with van der Waals surface area (Å²) in [5.41, 5.74) is 0.916. The van der Waals surface area contributed by atoms with Crippen molar-refractivity contribution in [2.24, 2.45) is 0 Å². The highest BCUT2D eigenvalue weighted by atomic mass is 32.2. The Morgan fingerprint density at radius 1 is 1.43 bits per heavy atom. The molecule has 2 aromatic rings. The number of carbonyl (C=O) groups is 2. The third-order valence-corrected chi connectivity index (χ3v) is 4.99. The summed E-state index contributed by atoms with van der Waals surface area (Å²) in [6.45, 7) is 1.89. The van der Waals surface area contributed by atoms with Crippen molar-refractivity contribution >= 4 is 45.2 Å². The van der Waals surface area contributed by atoms with Gasteiger partial charge in [0.1, 0.15) is 6.04 Å². The van der Waals surface area contributed by atoms with Crippen LogP contribution in [-0.4, -0.2) is 33.8 Å². The number of carbonyl (C=O) groups excluding carboxylic acids is 1. The van der Waals surface area contributed by atoms with Gasteiger partial charge in [0.2, 0.25) is 5.91 Å². The summed E-state index contributed by atoms with van der Waals surface area (Å²) in [6, 6.07) is 6.98. The van der Waals surface area contributed by atoms with Crippen molar-refractivity contribution < 1.29 is 14.7 Å². The van der Waals surface area contributed by atoms with E-state index < -0.39 is 12.0 Å². The molecule has 0 aliphatic rings. The standard InChI is InChI=1S/C14H16N2O3S2/c1-2-5-10(13(18)19)15-12(17)8-20-14-16-9-6-3-4-7-11(9)21-14/h3-4,6-7,10H,2,5,8H2,1H3,(H,15,17)(H,18,19). The number of hydrogen-bond donors (Lipinski definition) is 2. The van der Waals surface area contributed by atoms with Gasteiger partial charge in [-0.1, -0.05) is 37.2 Å². The molecular formula is C14H16N2O3S2. The van der Waals surface area contributed by atoms with Gasteiger partial charge in [-0.15, -0.1) is 11.3 Å². The number of hydrogen-bond acceptors (Lipinski definition) is 5. The summed E-state index contributed by atoms with van der Waals surface area (Å²) >= 11 is 2.86. The van der Waals surface area contributed by atoms with E-state index in [2.05, 4.69) is 10.3 Å². The molecule has 0 bridgehead atoms. The Morgan fingerprint density at radius 2 is 2.19 bits per heavy atom. The molecule has 112 valence electrons. The van der Waals surface area contributed by atoms with E-state index in [4.69, 9.17) is 5.11 Å². The second-order valence-electron chi connectivity index (χ2n) is 4.48. The molecule has 0 saturated carbocycles. The first-order valence-corrected chi connectivity index (χ1v) is 8.41. The molecule has 1 aromatic carbocycles. The Kier molecular flexibility index (Phi) is 5.58. The molecule has 0 spiro atoms. The van der Waals surface area contributed by atoms with E-state index in [-0.39, 0.29) is 11.7 Å². The molecule has 7 heteroatoms. The van der Waals surface area contributed by atoms with Gasteiger partial charge in [0.15, 0.2) is 4.34 Å². The monoisotopic (exact) mass is 324 g/mol. The number of thioether (sulfide) groups is 1. The quantitative estimate of drug-likeness (QED) is 0.766. The maximum atomic E-state index is 11.8. The lowest BCUT2D eigenvalue weighted by Gasteiger charge is -2.12. The largest absolute Gasteiger partial charge is 0.480 e. The van der Waals surface area contributed by atoms with Gasteiger partial charge >= 0.3 is 5.97 Å². The molecule has 1 unspecified atom stereocenters. The average Bonchev–Trinajstić information content (AvgIpc) is 2.87. The van der Waals surface area contributed by atoms with Crippen molar-refractivity contribution in [2.75, 3.05) is 5.75 Å². The lowest BCUT2D eigenvalue weighted by atomic mass is 10.2. The van der Waals surface area contributed by atoms with Crippen LogP contribution < -0.4 is 5.32 Å². The molecule has 2 N–H and O–H groups in total. The van der Waals surface area contributed by atoms with Gasteiger partial charge in [-0.2, -0.15) is 0 Å². The van der Waals surface area contributed by atoms with E-state index in [0.717, 1.165) is 14.6 Å². The zero-order valence-corrected chi connectivity index (χ0v) is 13.2. The number of rotatable bonds is 7. The predicted molar refractivity (Wildman–Crippen MR) is 84.8 cm³/mol. The molecule has 0 saturated heterocycles. The fourth-order valence-electron chi connectivity index (χ4n) is 1.82. The predicted octanol–water partition coefficient (Wildman–Crippen LogP) is 2.76. The Labute approximate surface area is 130 Å². The van der Waals surface area contributed by atoms with Crippen LogP contribution in [0.5, 0.6) is 0 Å². The summed E-state index contributed by atoms with van der Waals surface area (Å²) < 4.78 is 1.89. The number of para-hydroxylation sites is 1. The second kappa shape index (κ2) is 7.42. The Morgan fingerprint density at radius 3 is 2.86 bits per heavy atom. The molecule has 1 amide bonds. The highest BCUT2D eigenvalue weighted by Gasteiger charge is 2.19.